The quantitative estimate of drug-likeness (QED) is 0.212. The number of fused-ring (bicyclic) bond motifs is 3. The minimum Gasteiger partial charge on any atom is -0.144 e. The second kappa shape index (κ2) is 8.68. The third-order valence-electron chi connectivity index (χ3n) is 6.58. The van der Waals surface area contributed by atoms with Crippen LogP contribution in [0.1, 0.15) is 0 Å². The van der Waals surface area contributed by atoms with Gasteiger partial charge in [-0.25, -0.2) is 0 Å². The van der Waals surface area contributed by atoms with Crippen molar-refractivity contribution in [2.45, 2.75) is 0 Å². The second-order valence-electron chi connectivity index (χ2n) is 8.70. The van der Waals surface area contributed by atoms with Crippen molar-refractivity contribution in [2.24, 2.45) is 0 Å². The molecule has 0 aliphatic heterocycles. The Hall–Kier alpha value is -3.20. The van der Waals surface area contributed by atoms with Gasteiger partial charge in [-0.1, -0.05) is 53.0 Å². The van der Waals surface area contributed by atoms with Crippen molar-refractivity contribution in [1.29, 1.82) is 0 Å². The molecule has 0 bridgehead atoms. The molecule has 5 heterocycles. The molecule has 0 saturated carbocycles. The molecule has 8 rings (SSSR count). The summed E-state index contributed by atoms with van der Waals surface area (Å²) in [6, 6.07) is 30.8. The van der Waals surface area contributed by atoms with Gasteiger partial charge in [0.15, 0.2) is 0 Å². The van der Waals surface area contributed by atoms with Crippen LogP contribution < -0.4 is 0 Å². The zero-order valence-electron chi connectivity index (χ0n) is 19.2. The van der Waals surface area contributed by atoms with Crippen molar-refractivity contribution in [3.63, 3.8) is 0 Å². The molecule has 5 aromatic heterocycles. The van der Waals surface area contributed by atoms with Crippen LogP contribution in [0, 0.1) is 0 Å². The molecular formula is C30H16N2S5. The highest BCUT2D eigenvalue weighted by atomic mass is 32.1. The first-order chi connectivity index (χ1) is 18.3. The molecule has 0 aliphatic rings. The van der Waals surface area contributed by atoms with E-state index >= 15 is 0 Å². The Kier molecular flexibility index (Phi) is 5.13. The summed E-state index contributed by atoms with van der Waals surface area (Å²) in [7, 11) is 0. The van der Waals surface area contributed by atoms with E-state index in [1.807, 2.05) is 22.7 Å². The normalized spacial score (nSPS) is 11.8. The summed E-state index contributed by atoms with van der Waals surface area (Å²) in [6.45, 7) is 0. The molecule has 0 aliphatic carbocycles. The van der Waals surface area contributed by atoms with E-state index in [1.54, 1.807) is 22.7 Å². The van der Waals surface area contributed by atoms with Gasteiger partial charge in [0.05, 0.1) is 4.70 Å². The molecule has 37 heavy (non-hydrogen) atoms. The monoisotopic (exact) mass is 564 g/mol. The van der Waals surface area contributed by atoms with E-state index in [1.165, 1.54) is 73.5 Å². The Labute approximate surface area is 232 Å². The zero-order chi connectivity index (χ0) is 24.3. The van der Waals surface area contributed by atoms with Gasteiger partial charge in [-0.15, -0.1) is 50.4 Å². The summed E-state index contributed by atoms with van der Waals surface area (Å²) in [5, 5.41) is 11.6. The summed E-state index contributed by atoms with van der Waals surface area (Å²) in [6.07, 6.45) is 0. The topological polar surface area (TPSA) is 25.8 Å². The summed E-state index contributed by atoms with van der Waals surface area (Å²) < 4.78 is 8.27. The van der Waals surface area contributed by atoms with Crippen molar-refractivity contribution >= 4 is 87.3 Å². The second-order valence-corrected chi connectivity index (χ2v) is 13.5. The summed E-state index contributed by atoms with van der Waals surface area (Å²) >= 11 is 8.80. The van der Waals surface area contributed by atoms with E-state index in [9.17, 15) is 0 Å². The molecular weight excluding hydrogens is 549 g/mol. The van der Waals surface area contributed by atoms with Gasteiger partial charge in [0.25, 0.3) is 0 Å². The molecule has 0 spiro atoms. The van der Waals surface area contributed by atoms with Crippen LogP contribution in [0.2, 0.25) is 0 Å². The third kappa shape index (κ3) is 3.46. The lowest BCUT2D eigenvalue weighted by molar-refractivity contribution is 1.20. The van der Waals surface area contributed by atoms with Gasteiger partial charge in [0, 0.05) is 51.2 Å². The van der Waals surface area contributed by atoms with Crippen molar-refractivity contribution in [1.82, 2.24) is 9.59 Å². The van der Waals surface area contributed by atoms with E-state index in [0.29, 0.717) is 0 Å². The van der Waals surface area contributed by atoms with Crippen LogP contribution in [-0.4, -0.2) is 9.59 Å². The van der Waals surface area contributed by atoms with Crippen molar-refractivity contribution in [3.8, 4) is 41.8 Å². The molecule has 0 N–H and O–H groups in total. The van der Waals surface area contributed by atoms with Crippen LogP contribution in [0.5, 0.6) is 0 Å². The number of rotatable bonds is 4. The first-order valence-corrected chi connectivity index (χ1v) is 15.9. The molecule has 0 saturated heterocycles. The number of hydrogen-bond acceptors (Lipinski definition) is 7. The Morgan fingerprint density at radius 1 is 0.514 bits per heavy atom. The minimum absolute atomic E-state index is 0.994. The highest BCUT2D eigenvalue weighted by molar-refractivity contribution is 7.24. The highest BCUT2D eigenvalue weighted by Crippen LogP contribution is 2.55. The summed E-state index contributed by atoms with van der Waals surface area (Å²) in [4.78, 5) is 5.03. The first kappa shape index (κ1) is 21.8. The Balaban J connectivity index is 1.60. The number of thiophene rings is 4. The van der Waals surface area contributed by atoms with Crippen LogP contribution in [0.4, 0.5) is 0 Å². The Morgan fingerprint density at radius 3 is 1.68 bits per heavy atom. The van der Waals surface area contributed by atoms with Gasteiger partial charge in [-0.2, -0.15) is 0 Å². The third-order valence-corrected chi connectivity index (χ3v) is 11.4. The smallest absolute Gasteiger partial charge is 0.115 e. The van der Waals surface area contributed by atoms with E-state index in [-0.39, 0.29) is 0 Å². The lowest BCUT2D eigenvalue weighted by Crippen LogP contribution is -1.92. The van der Waals surface area contributed by atoms with E-state index in [2.05, 4.69) is 100 Å². The van der Waals surface area contributed by atoms with Crippen LogP contribution in [-0.2, 0) is 0 Å². The average Bonchev–Trinajstić information content (AvgIpc) is 3.76. The van der Waals surface area contributed by atoms with Crippen LogP contribution in [0.15, 0.2) is 95.7 Å². The minimum atomic E-state index is 0.994. The van der Waals surface area contributed by atoms with Gasteiger partial charge in [0.2, 0.25) is 0 Å². The molecule has 8 aromatic rings. The predicted octanol–water partition coefficient (Wildman–Crippen LogP) is 10.9. The molecule has 0 atom stereocenters. The maximum atomic E-state index is 4.75. The lowest BCUT2D eigenvalue weighted by atomic mass is 9.90. The maximum absolute atomic E-state index is 4.75. The maximum Gasteiger partial charge on any atom is 0.115 e. The van der Waals surface area contributed by atoms with Crippen LogP contribution in [0.25, 0.3) is 72.2 Å². The Morgan fingerprint density at radius 2 is 1.08 bits per heavy atom. The van der Waals surface area contributed by atoms with Crippen molar-refractivity contribution < 1.29 is 0 Å². The zero-order valence-corrected chi connectivity index (χ0v) is 23.3. The van der Waals surface area contributed by atoms with Gasteiger partial charge in [-0.3, -0.25) is 0 Å². The average molecular weight is 565 g/mol. The molecule has 0 radical (unpaired) electrons. The van der Waals surface area contributed by atoms with Crippen molar-refractivity contribution in [3.05, 3.63) is 95.7 Å². The molecule has 0 fully saturated rings. The molecule has 2 nitrogen and oxygen atoms in total. The fourth-order valence-electron chi connectivity index (χ4n) is 5.02. The molecule has 3 aromatic carbocycles. The molecule has 7 heteroatoms. The molecule has 176 valence electrons. The fourth-order valence-corrected chi connectivity index (χ4v) is 9.62. The van der Waals surface area contributed by atoms with Gasteiger partial charge >= 0.3 is 0 Å². The highest BCUT2D eigenvalue weighted by Gasteiger charge is 2.28. The number of benzene rings is 3. The van der Waals surface area contributed by atoms with E-state index in [4.69, 9.17) is 5.10 Å². The SMILES string of the molecule is c1csc(-c2c(-c3cc4ccccc4s3)c(-c3cc4ccccc4s3)c3snnc3c2-c2cccs2)c1. The summed E-state index contributed by atoms with van der Waals surface area (Å²) in [5.74, 6) is 0. The van der Waals surface area contributed by atoms with Gasteiger partial charge in [-0.05, 0) is 69.5 Å². The van der Waals surface area contributed by atoms with E-state index < -0.39 is 0 Å². The van der Waals surface area contributed by atoms with Gasteiger partial charge in [0.1, 0.15) is 5.52 Å². The lowest BCUT2D eigenvalue weighted by Gasteiger charge is -2.18. The van der Waals surface area contributed by atoms with E-state index in [0.717, 1.165) is 10.2 Å². The van der Waals surface area contributed by atoms with Crippen LogP contribution >= 0.6 is 56.9 Å². The largest absolute Gasteiger partial charge is 0.144 e. The molecule has 0 unspecified atom stereocenters. The number of hydrogen-bond donors (Lipinski definition) is 0. The van der Waals surface area contributed by atoms with Crippen LogP contribution in [0.3, 0.4) is 0 Å². The first-order valence-electron chi connectivity index (χ1n) is 11.7. The molecule has 0 amide bonds. The standard InChI is InChI=1S/C30H16N2S5/c1-3-9-19-17(7-1)15-23(35-19)26-25(21-11-5-13-33-21)27(22-12-6-14-34-22)29-30(37-32-31-29)28(26)24-16-18-8-2-4-10-20(18)36-24/h1-16H. The van der Waals surface area contributed by atoms with Gasteiger partial charge < -0.3 is 0 Å². The fraction of sp³-hybridized carbons (Fsp3) is 0. The summed E-state index contributed by atoms with van der Waals surface area (Å²) in [5.41, 5.74) is 5.99. The predicted molar refractivity (Wildman–Crippen MR) is 166 cm³/mol. The van der Waals surface area contributed by atoms with Crippen molar-refractivity contribution in [2.75, 3.05) is 0 Å². The number of nitrogens with zero attached hydrogens (tertiary/aromatic N) is 2. The number of aromatic nitrogens is 2. The Bertz CT molecular complexity index is 1970.